The van der Waals surface area contributed by atoms with Crippen LogP contribution >= 0.6 is 27.5 Å². The molecule has 0 amide bonds. The molecular formula is C17H17BrClNO. The third kappa shape index (κ3) is 3.79. The summed E-state index contributed by atoms with van der Waals surface area (Å²) in [5.41, 5.74) is 2.32. The first kappa shape index (κ1) is 14.9. The van der Waals surface area contributed by atoms with E-state index in [1.54, 1.807) is 0 Å². The summed E-state index contributed by atoms with van der Waals surface area (Å²) in [5.74, 6) is 0.948. The molecule has 0 aromatic heterocycles. The van der Waals surface area contributed by atoms with Crippen molar-refractivity contribution in [3.63, 3.8) is 0 Å². The second-order valence-corrected chi connectivity index (χ2v) is 6.66. The van der Waals surface area contributed by atoms with Crippen LogP contribution in [0.4, 0.5) is 0 Å². The molecule has 1 atom stereocenters. The van der Waals surface area contributed by atoms with Crippen molar-refractivity contribution in [2.75, 3.05) is 7.05 Å². The fourth-order valence-corrected chi connectivity index (χ4v) is 3.27. The molecule has 110 valence electrons. The van der Waals surface area contributed by atoms with Crippen molar-refractivity contribution in [3.05, 3.63) is 63.1 Å². The first-order valence-electron chi connectivity index (χ1n) is 7.05. The molecule has 2 nitrogen and oxygen atoms in total. The van der Waals surface area contributed by atoms with E-state index in [2.05, 4.69) is 39.4 Å². The lowest BCUT2D eigenvalue weighted by Crippen LogP contribution is -2.17. The quantitative estimate of drug-likeness (QED) is 0.808. The SMILES string of the molecule is CNC(c1ccc(OC2CC2)cc1)c1cc(Cl)cc(Br)c1. The summed E-state index contributed by atoms with van der Waals surface area (Å²) in [6, 6.07) is 14.4. The van der Waals surface area contributed by atoms with Gasteiger partial charge in [-0.25, -0.2) is 0 Å². The van der Waals surface area contributed by atoms with E-state index in [0.29, 0.717) is 6.10 Å². The van der Waals surface area contributed by atoms with Crippen LogP contribution in [0.5, 0.6) is 5.75 Å². The molecule has 2 aromatic carbocycles. The molecule has 0 aliphatic heterocycles. The highest BCUT2D eigenvalue weighted by Crippen LogP contribution is 2.30. The second-order valence-electron chi connectivity index (χ2n) is 5.31. The van der Waals surface area contributed by atoms with E-state index in [9.17, 15) is 0 Å². The van der Waals surface area contributed by atoms with E-state index < -0.39 is 0 Å². The van der Waals surface area contributed by atoms with Crippen molar-refractivity contribution < 1.29 is 4.74 Å². The lowest BCUT2D eigenvalue weighted by atomic mass is 9.99. The van der Waals surface area contributed by atoms with Gasteiger partial charge in [0.25, 0.3) is 0 Å². The molecule has 1 fully saturated rings. The lowest BCUT2D eigenvalue weighted by Gasteiger charge is -2.18. The number of nitrogens with one attached hydrogen (secondary N) is 1. The van der Waals surface area contributed by atoms with E-state index in [0.717, 1.165) is 20.8 Å². The van der Waals surface area contributed by atoms with Crippen molar-refractivity contribution in [2.24, 2.45) is 0 Å². The van der Waals surface area contributed by atoms with Crippen molar-refractivity contribution in [3.8, 4) is 5.75 Å². The predicted molar refractivity (Wildman–Crippen MR) is 90.1 cm³/mol. The minimum Gasteiger partial charge on any atom is -0.490 e. The van der Waals surface area contributed by atoms with Gasteiger partial charge in [-0.15, -0.1) is 0 Å². The van der Waals surface area contributed by atoms with Crippen LogP contribution in [0.1, 0.15) is 30.0 Å². The van der Waals surface area contributed by atoms with Gasteiger partial charge in [-0.1, -0.05) is 39.7 Å². The molecule has 21 heavy (non-hydrogen) atoms. The Hall–Kier alpha value is -1.03. The summed E-state index contributed by atoms with van der Waals surface area (Å²) in [5, 5.41) is 4.07. The Morgan fingerprint density at radius 1 is 1.14 bits per heavy atom. The maximum atomic E-state index is 6.15. The highest BCUT2D eigenvalue weighted by Gasteiger charge is 2.23. The maximum absolute atomic E-state index is 6.15. The molecule has 1 N–H and O–H groups in total. The molecule has 0 radical (unpaired) electrons. The van der Waals surface area contributed by atoms with E-state index in [4.69, 9.17) is 16.3 Å². The predicted octanol–water partition coefficient (Wildman–Crippen LogP) is 4.95. The highest BCUT2D eigenvalue weighted by molar-refractivity contribution is 9.10. The number of hydrogen-bond acceptors (Lipinski definition) is 2. The fourth-order valence-electron chi connectivity index (χ4n) is 2.38. The molecule has 0 spiro atoms. The van der Waals surface area contributed by atoms with Gasteiger partial charge in [0.05, 0.1) is 12.1 Å². The zero-order valence-electron chi connectivity index (χ0n) is 11.8. The summed E-state index contributed by atoms with van der Waals surface area (Å²) in [4.78, 5) is 0. The number of rotatable bonds is 5. The van der Waals surface area contributed by atoms with Gasteiger partial charge in [0.15, 0.2) is 0 Å². The Morgan fingerprint density at radius 2 is 1.86 bits per heavy atom. The molecule has 4 heteroatoms. The molecule has 1 saturated carbocycles. The van der Waals surface area contributed by atoms with Crippen molar-refractivity contribution in [1.29, 1.82) is 0 Å². The van der Waals surface area contributed by atoms with Crippen molar-refractivity contribution in [1.82, 2.24) is 5.32 Å². The van der Waals surface area contributed by atoms with Crippen LogP contribution in [0, 0.1) is 0 Å². The zero-order valence-corrected chi connectivity index (χ0v) is 14.1. The number of benzene rings is 2. The van der Waals surface area contributed by atoms with Crippen LogP contribution in [0.3, 0.4) is 0 Å². The second kappa shape index (κ2) is 6.39. The van der Waals surface area contributed by atoms with Gasteiger partial charge in [-0.05, 0) is 61.3 Å². The summed E-state index contributed by atoms with van der Waals surface area (Å²) < 4.78 is 6.77. The summed E-state index contributed by atoms with van der Waals surface area (Å²) in [6.07, 6.45) is 2.79. The van der Waals surface area contributed by atoms with E-state index in [1.165, 1.54) is 18.4 Å². The van der Waals surface area contributed by atoms with Crippen LogP contribution in [0.2, 0.25) is 5.02 Å². The average molecular weight is 367 g/mol. The standard InChI is InChI=1S/C17H17BrClNO/c1-20-17(12-8-13(18)10-14(19)9-12)11-2-4-15(5-3-11)21-16-6-7-16/h2-5,8-10,16-17,20H,6-7H2,1H3. The van der Waals surface area contributed by atoms with Gasteiger partial charge in [0.2, 0.25) is 0 Å². The van der Waals surface area contributed by atoms with Crippen LogP contribution in [-0.4, -0.2) is 13.2 Å². The van der Waals surface area contributed by atoms with E-state index in [-0.39, 0.29) is 6.04 Å². The Morgan fingerprint density at radius 3 is 2.43 bits per heavy atom. The number of halogens is 2. The smallest absolute Gasteiger partial charge is 0.119 e. The fraction of sp³-hybridized carbons (Fsp3) is 0.294. The Bertz CT molecular complexity index is 605. The van der Waals surface area contributed by atoms with Crippen LogP contribution in [0.25, 0.3) is 0 Å². The number of hydrogen-bond donors (Lipinski definition) is 1. The normalized spacial score (nSPS) is 15.8. The zero-order chi connectivity index (χ0) is 14.8. The monoisotopic (exact) mass is 365 g/mol. The first-order valence-corrected chi connectivity index (χ1v) is 8.22. The summed E-state index contributed by atoms with van der Waals surface area (Å²) in [7, 11) is 1.95. The lowest BCUT2D eigenvalue weighted by molar-refractivity contribution is 0.303. The van der Waals surface area contributed by atoms with Gasteiger partial charge in [-0.3, -0.25) is 0 Å². The van der Waals surface area contributed by atoms with Gasteiger partial charge in [-0.2, -0.15) is 0 Å². The van der Waals surface area contributed by atoms with Gasteiger partial charge < -0.3 is 10.1 Å². The molecular weight excluding hydrogens is 350 g/mol. The Balaban J connectivity index is 1.84. The van der Waals surface area contributed by atoms with Crippen LogP contribution < -0.4 is 10.1 Å². The molecule has 3 rings (SSSR count). The van der Waals surface area contributed by atoms with Gasteiger partial charge in [0.1, 0.15) is 5.75 Å². The molecule has 0 bridgehead atoms. The first-order chi connectivity index (χ1) is 10.2. The van der Waals surface area contributed by atoms with E-state index in [1.807, 2.05) is 31.3 Å². The van der Waals surface area contributed by atoms with Crippen LogP contribution in [-0.2, 0) is 0 Å². The maximum Gasteiger partial charge on any atom is 0.119 e. The van der Waals surface area contributed by atoms with Gasteiger partial charge in [0, 0.05) is 9.50 Å². The molecule has 2 aromatic rings. The van der Waals surface area contributed by atoms with Crippen molar-refractivity contribution in [2.45, 2.75) is 25.0 Å². The minimum atomic E-state index is 0.106. The summed E-state index contributed by atoms with van der Waals surface area (Å²) >= 11 is 9.65. The topological polar surface area (TPSA) is 21.3 Å². The third-order valence-electron chi connectivity index (χ3n) is 3.55. The molecule has 1 aliphatic carbocycles. The Labute approximate surface area is 138 Å². The molecule has 1 unspecified atom stereocenters. The Kier molecular flexibility index (Phi) is 4.53. The third-order valence-corrected chi connectivity index (χ3v) is 4.22. The van der Waals surface area contributed by atoms with Crippen molar-refractivity contribution >= 4 is 27.5 Å². The largest absolute Gasteiger partial charge is 0.490 e. The highest BCUT2D eigenvalue weighted by atomic mass is 79.9. The minimum absolute atomic E-state index is 0.106. The van der Waals surface area contributed by atoms with E-state index >= 15 is 0 Å². The molecule has 0 heterocycles. The molecule has 0 saturated heterocycles. The van der Waals surface area contributed by atoms with Gasteiger partial charge >= 0.3 is 0 Å². The summed E-state index contributed by atoms with van der Waals surface area (Å²) in [6.45, 7) is 0. The van der Waals surface area contributed by atoms with Crippen LogP contribution in [0.15, 0.2) is 46.9 Å². The average Bonchev–Trinajstić information content (AvgIpc) is 3.24. The molecule has 1 aliphatic rings. The number of ether oxygens (including phenoxy) is 1.